The largest absolute Gasteiger partial charge is 0.308 e. The molecule has 0 saturated carbocycles. The molecule has 2 amide bonds. The second-order valence-electron chi connectivity index (χ2n) is 2.79. The standard InChI is InChI=1S/C10H9N3O2/c11-6-8(12)10(15)13-9(14)7-4-2-1-3-5-7/h1-5,8H,12H2,(H,13,14,15)/t8-/m0/s1. The zero-order valence-corrected chi connectivity index (χ0v) is 7.81. The van der Waals surface area contributed by atoms with Gasteiger partial charge in [-0.2, -0.15) is 5.26 Å². The summed E-state index contributed by atoms with van der Waals surface area (Å²) in [7, 11) is 0. The molecular weight excluding hydrogens is 194 g/mol. The molecular formula is C10H9N3O2. The summed E-state index contributed by atoms with van der Waals surface area (Å²) in [5, 5.41) is 10.4. The molecule has 3 N–H and O–H groups in total. The Bertz CT molecular complexity index is 408. The molecule has 1 rings (SSSR count). The van der Waals surface area contributed by atoms with E-state index in [9.17, 15) is 9.59 Å². The number of hydrogen-bond donors (Lipinski definition) is 2. The zero-order valence-electron chi connectivity index (χ0n) is 7.81. The Morgan fingerprint density at radius 2 is 1.93 bits per heavy atom. The lowest BCUT2D eigenvalue weighted by Gasteiger charge is -2.04. The van der Waals surface area contributed by atoms with Gasteiger partial charge in [0.15, 0.2) is 6.04 Å². The summed E-state index contributed by atoms with van der Waals surface area (Å²) in [5.41, 5.74) is 5.46. The van der Waals surface area contributed by atoms with Crippen molar-refractivity contribution in [2.45, 2.75) is 6.04 Å². The molecule has 0 aromatic heterocycles. The molecule has 0 radical (unpaired) electrons. The van der Waals surface area contributed by atoms with Crippen molar-refractivity contribution in [3.63, 3.8) is 0 Å². The minimum absolute atomic E-state index is 0.344. The Kier molecular flexibility index (Phi) is 3.55. The number of nitriles is 1. The van der Waals surface area contributed by atoms with Crippen molar-refractivity contribution in [3.05, 3.63) is 35.9 Å². The van der Waals surface area contributed by atoms with Gasteiger partial charge in [0.1, 0.15) is 0 Å². The molecule has 0 unspecified atom stereocenters. The van der Waals surface area contributed by atoms with E-state index in [1.165, 1.54) is 6.07 Å². The van der Waals surface area contributed by atoms with Crippen LogP contribution in [0.15, 0.2) is 30.3 Å². The first-order valence-corrected chi connectivity index (χ1v) is 4.20. The van der Waals surface area contributed by atoms with Crippen molar-refractivity contribution >= 4 is 11.8 Å². The molecule has 0 aliphatic heterocycles. The van der Waals surface area contributed by atoms with Gasteiger partial charge in [-0.15, -0.1) is 0 Å². The number of nitrogens with two attached hydrogens (primary N) is 1. The maximum Gasteiger partial charge on any atom is 0.258 e. The second-order valence-corrected chi connectivity index (χ2v) is 2.79. The predicted octanol–water partition coefficient (Wildman–Crippen LogP) is -0.206. The number of nitrogens with one attached hydrogen (secondary N) is 1. The predicted molar refractivity (Wildman–Crippen MR) is 52.5 cm³/mol. The summed E-state index contributed by atoms with van der Waals surface area (Å²) in [5.74, 6) is -1.36. The van der Waals surface area contributed by atoms with E-state index in [-0.39, 0.29) is 0 Å². The van der Waals surface area contributed by atoms with Gasteiger partial charge < -0.3 is 5.73 Å². The molecule has 5 heteroatoms. The van der Waals surface area contributed by atoms with Crippen LogP contribution >= 0.6 is 0 Å². The first kappa shape index (κ1) is 10.9. The molecule has 15 heavy (non-hydrogen) atoms. The van der Waals surface area contributed by atoms with Crippen LogP contribution in [-0.2, 0) is 4.79 Å². The summed E-state index contributed by atoms with van der Waals surface area (Å²) in [6, 6.07) is 8.42. The van der Waals surface area contributed by atoms with Gasteiger partial charge in [-0.25, -0.2) is 0 Å². The van der Waals surface area contributed by atoms with Crippen LogP contribution in [0.2, 0.25) is 0 Å². The van der Waals surface area contributed by atoms with Crippen LogP contribution in [0.4, 0.5) is 0 Å². The van der Waals surface area contributed by atoms with E-state index in [1.807, 2.05) is 5.32 Å². The normalized spacial score (nSPS) is 11.2. The van der Waals surface area contributed by atoms with Crippen LogP contribution in [0.3, 0.4) is 0 Å². The van der Waals surface area contributed by atoms with Crippen molar-refractivity contribution in [3.8, 4) is 6.07 Å². The van der Waals surface area contributed by atoms with Gasteiger partial charge in [0.2, 0.25) is 0 Å². The van der Waals surface area contributed by atoms with E-state index < -0.39 is 17.9 Å². The monoisotopic (exact) mass is 203 g/mol. The molecule has 1 aromatic carbocycles. The van der Waals surface area contributed by atoms with E-state index in [4.69, 9.17) is 11.0 Å². The third kappa shape index (κ3) is 2.90. The third-order valence-corrected chi connectivity index (χ3v) is 1.69. The average molecular weight is 203 g/mol. The number of hydrogen-bond acceptors (Lipinski definition) is 4. The van der Waals surface area contributed by atoms with Crippen molar-refractivity contribution in [2.75, 3.05) is 0 Å². The second kappa shape index (κ2) is 4.88. The maximum absolute atomic E-state index is 11.4. The fraction of sp³-hybridized carbons (Fsp3) is 0.100. The zero-order chi connectivity index (χ0) is 11.3. The number of amides is 2. The molecule has 0 spiro atoms. The van der Waals surface area contributed by atoms with Crippen molar-refractivity contribution in [2.24, 2.45) is 5.73 Å². The molecule has 0 aliphatic rings. The minimum atomic E-state index is -1.32. The van der Waals surface area contributed by atoms with E-state index >= 15 is 0 Å². The van der Waals surface area contributed by atoms with Gasteiger partial charge >= 0.3 is 0 Å². The van der Waals surface area contributed by atoms with Crippen LogP contribution < -0.4 is 11.1 Å². The van der Waals surface area contributed by atoms with E-state index in [0.29, 0.717) is 5.56 Å². The topological polar surface area (TPSA) is 96.0 Å². The first-order chi connectivity index (χ1) is 7.15. The fourth-order valence-electron chi connectivity index (χ4n) is 0.910. The molecule has 0 saturated heterocycles. The summed E-state index contributed by atoms with van der Waals surface area (Å²) in [6.45, 7) is 0. The summed E-state index contributed by atoms with van der Waals surface area (Å²) < 4.78 is 0. The van der Waals surface area contributed by atoms with Crippen LogP contribution in [0.5, 0.6) is 0 Å². The quantitative estimate of drug-likeness (QED) is 0.695. The van der Waals surface area contributed by atoms with Gasteiger partial charge in [-0.05, 0) is 12.1 Å². The smallest absolute Gasteiger partial charge is 0.258 e. The fourth-order valence-corrected chi connectivity index (χ4v) is 0.910. The maximum atomic E-state index is 11.4. The number of carbonyl (C=O) groups is 2. The summed E-state index contributed by atoms with van der Waals surface area (Å²) in [6.07, 6.45) is 0. The third-order valence-electron chi connectivity index (χ3n) is 1.69. The highest BCUT2D eigenvalue weighted by Gasteiger charge is 2.15. The number of imide groups is 1. The van der Waals surface area contributed by atoms with Crippen LogP contribution in [-0.4, -0.2) is 17.9 Å². The first-order valence-electron chi connectivity index (χ1n) is 4.20. The SMILES string of the molecule is N#C[C@H](N)C(=O)NC(=O)c1ccccc1. The lowest BCUT2D eigenvalue weighted by molar-refractivity contribution is -0.120. The van der Waals surface area contributed by atoms with E-state index in [2.05, 4.69) is 0 Å². The minimum Gasteiger partial charge on any atom is -0.308 e. The van der Waals surface area contributed by atoms with Gasteiger partial charge in [0.25, 0.3) is 11.8 Å². The average Bonchev–Trinajstić information content (AvgIpc) is 2.29. The number of nitrogens with zero attached hydrogens (tertiary/aromatic N) is 1. The van der Waals surface area contributed by atoms with Gasteiger partial charge in [0, 0.05) is 5.56 Å². The molecule has 5 nitrogen and oxygen atoms in total. The Hall–Kier alpha value is -2.19. The van der Waals surface area contributed by atoms with Crippen molar-refractivity contribution < 1.29 is 9.59 Å². The van der Waals surface area contributed by atoms with Crippen molar-refractivity contribution in [1.29, 1.82) is 5.26 Å². The lowest BCUT2D eigenvalue weighted by atomic mass is 10.2. The Morgan fingerprint density at radius 3 is 2.47 bits per heavy atom. The Labute approximate surface area is 86.5 Å². The van der Waals surface area contributed by atoms with E-state index in [0.717, 1.165) is 0 Å². The van der Waals surface area contributed by atoms with Crippen LogP contribution in [0.25, 0.3) is 0 Å². The van der Waals surface area contributed by atoms with Gasteiger partial charge in [0.05, 0.1) is 6.07 Å². The molecule has 76 valence electrons. The number of rotatable bonds is 2. The highest BCUT2D eigenvalue weighted by molar-refractivity contribution is 6.06. The molecule has 1 aromatic rings. The molecule has 1 atom stereocenters. The molecule has 0 fully saturated rings. The molecule has 0 bridgehead atoms. The molecule has 0 heterocycles. The lowest BCUT2D eigenvalue weighted by Crippen LogP contribution is -2.42. The van der Waals surface area contributed by atoms with Gasteiger partial charge in [-0.3, -0.25) is 14.9 Å². The summed E-state index contributed by atoms with van der Waals surface area (Å²) >= 11 is 0. The summed E-state index contributed by atoms with van der Waals surface area (Å²) in [4.78, 5) is 22.5. The number of carbonyl (C=O) groups excluding carboxylic acids is 2. The molecule has 0 aliphatic carbocycles. The highest BCUT2D eigenvalue weighted by atomic mass is 16.2. The number of benzene rings is 1. The van der Waals surface area contributed by atoms with E-state index in [1.54, 1.807) is 30.3 Å². The van der Waals surface area contributed by atoms with Crippen molar-refractivity contribution in [1.82, 2.24) is 5.32 Å². The van der Waals surface area contributed by atoms with Crippen LogP contribution in [0, 0.1) is 11.3 Å². The van der Waals surface area contributed by atoms with Gasteiger partial charge in [-0.1, -0.05) is 18.2 Å². The Morgan fingerprint density at radius 1 is 1.33 bits per heavy atom. The van der Waals surface area contributed by atoms with Crippen LogP contribution in [0.1, 0.15) is 10.4 Å². The highest BCUT2D eigenvalue weighted by Crippen LogP contribution is 1.97. The Balaban J connectivity index is 2.66.